The van der Waals surface area contributed by atoms with Crippen LogP contribution in [0.5, 0.6) is 5.75 Å². The van der Waals surface area contributed by atoms with E-state index >= 15 is 0 Å². The predicted octanol–water partition coefficient (Wildman–Crippen LogP) is 4.33. The summed E-state index contributed by atoms with van der Waals surface area (Å²) in [6.45, 7) is 1.80. The average molecular weight is 466 g/mol. The van der Waals surface area contributed by atoms with Crippen LogP contribution in [0.4, 0.5) is 24.8 Å². The van der Waals surface area contributed by atoms with E-state index in [1.807, 2.05) is 0 Å². The summed E-state index contributed by atoms with van der Waals surface area (Å²) in [7, 11) is 1.31. The summed E-state index contributed by atoms with van der Waals surface area (Å²) < 4.78 is 44.5. The second-order valence-electron chi connectivity index (χ2n) is 7.42. The SMILES string of the molecule is COc1cc(Nc2nccc(-c3ncc(CN4CCC[C@H]4CO)s3)n2)cc(C(F)(F)F)c1. The van der Waals surface area contributed by atoms with E-state index in [-0.39, 0.29) is 30.0 Å². The minimum Gasteiger partial charge on any atom is -0.497 e. The van der Waals surface area contributed by atoms with E-state index < -0.39 is 11.7 Å². The number of anilines is 2. The zero-order chi connectivity index (χ0) is 22.7. The van der Waals surface area contributed by atoms with Gasteiger partial charge in [0.2, 0.25) is 5.95 Å². The van der Waals surface area contributed by atoms with Gasteiger partial charge in [0.05, 0.1) is 19.3 Å². The van der Waals surface area contributed by atoms with Crippen molar-refractivity contribution >= 4 is 23.0 Å². The van der Waals surface area contributed by atoms with Crippen LogP contribution in [0.15, 0.2) is 36.7 Å². The van der Waals surface area contributed by atoms with Crippen LogP contribution in [0, 0.1) is 0 Å². The molecule has 1 fully saturated rings. The van der Waals surface area contributed by atoms with Gasteiger partial charge in [-0.3, -0.25) is 4.90 Å². The summed E-state index contributed by atoms with van der Waals surface area (Å²) in [5.41, 5.74) is -0.0984. The van der Waals surface area contributed by atoms with Crippen LogP contribution < -0.4 is 10.1 Å². The van der Waals surface area contributed by atoms with Crippen LogP contribution in [-0.2, 0) is 12.7 Å². The molecule has 1 saturated heterocycles. The van der Waals surface area contributed by atoms with Gasteiger partial charge < -0.3 is 15.2 Å². The van der Waals surface area contributed by atoms with Crippen LogP contribution in [0.1, 0.15) is 23.3 Å². The van der Waals surface area contributed by atoms with Crippen molar-refractivity contribution in [1.29, 1.82) is 0 Å². The van der Waals surface area contributed by atoms with Gasteiger partial charge in [0.25, 0.3) is 0 Å². The third-order valence-electron chi connectivity index (χ3n) is 5.22. The van der Waals surface area contributed by atoms with Gasteiger partial charge >= 0.3 is 6.18 Å². The number of thiazole rings is 1. The Morgan fingerprint density at radius 3 is 2.88 bits per heavy atom. The van der Waals surface area contributed by atoms with Crippen molar-refractivity contribution in [3.05, 3.63) is 47.1 Å². The highest BCUT2D eigenvalue weighted by molar-refractivity contribution is 7.14. The molecule has 0 radical (unpaired) electrons. The second kappa shape index (κ2) is 9.39. The van der Waals surface area contributed by atoms with Crippen molar-refractivity contribution in [2.45, 2.75) is 31.6 Å². The quantitative estimate of drug-likeness (QED) is 0.537. The number of alkyl halides is 3. The number of ether oxygens (including phenoxy) is 1. The molecule has 0 spiro atoms. The second-order valence-corrected chi connectivity index (χ2v) is 8.53. The normalized spacial score (nSPS) is 17.0. The maximum atomic E-state index is 13.2. The van der Waals surface area contributed by atoms with Crippen molar-refractivity contribution in [1.82, 2.24) is 19.9 Å². The molecule has 0 aliphatic carbocycles. The zero-order valence-corrected chi connectivity index (χ0v) is 18.1. The van der Waals surface area contributed by atoms with E-state index in [4.69, 9.17) is 4.74 Å². The number of benzene rings is 1. The van der Waals surface area contributed by atoms with Gasteiger partial charge in [-0.1, -0.05) is 0 Å². The Kier molecular flexibility index (Phi) is 6.58. The van der Waals surface area contributed by atoms with Gasteiger partial charge in [0.15, 0.2) is 0 Å². The standard InChI is InChI=1S/C21H22F3N5O2S/c1-31-16-8-13(21(22,23)24)7-14(9-16)27-20-25-5-4-18(28-20)19-26-10-17(32-19)11-29-6-2-3-15(29)12-30/h4-5,7-10,15,30H,2-3,6,11-12H2,1H3,(H,25,27,28)/t15-/m0/s1. The fraction of sp³-hybridized carbons (Fsp3) is 0.381. The molecular formula is C21H22F3N5O2S. The molecule has 1 aromatic carbocycles. The minimum atomic E-state index is -4.50. The molecule has 32 heavy (non-hydrogen) atoms. The van der Waals surface area contributed by atoms with Gasteiger partial charge in [-0.2, -0.15) is 13.2 Å². The first-order valence-corrected chi connectivity index (χ1v) is 10.8. The van der Waals surface area contributed by atoms with Crippen LogP contribution in [0.2, 0.25) is 0 Å². The largest absolute Gasteiger partial charge is 0.497 e. The summed E-state index contributed by atoms with van der Waals surface area (Å²) in [4.78, 5) is 16.3. The van der Waals surface area contributed by atoms with E-state index in [9.17, 15) is 18.3 Å². The van der Waals surface area contributed by atoms with E-state index in [1.165, 1.54) is 30.7 Å². The van der Waals surface area contributed by atoms with E-state index in [0.29, 0.717) is 17.2 Å². The molecule has 2 aromatic heterocycles. The number of aromatic nitrogens is 3. The highest BCUT2D eigenvalue weighted by Crippen LogP contribution is 2.35. The number of halogens is 3. The van der Waals surface area contributed by atoms with E-state index in [2.05, 4.69) is 25.2 Å². The maximum Gasteiger partial charge on any atom is 0.416 e. The third kappa shape index (κ3) is 5.17. The average Bonchev–Trinajstić information content (AvgIpc) is 3.42. The summed E-state index contributed by atoms with van der Waals surface area (Å²) >= 11 is 1.49. The Morgan fingerprint density at radius 2 is 2.12 bits per heavy atom. The summed E-state index contributed by atoms with van der Waals surface area (Å²) in [6.07, 6.45) is 0.870. The molecule has 4 rings (SSSR count). The number of nitrogens with zero attached hydrogens (tertiary/aromatic N) is 4. The maximum absolute atomic E-state index is 13.2. The molecule has 0 bridgehead atoms. The molecule has 1 aliphatic rings. The monoisotopic (exact) mass is 465 g/mol. The molecule has 7 nitrogen and oxygen atoms in total. The molecule has 3 aromatic rings. The number of hydrogen-bond acceptors (Lipinski definition) is 8. The van der Waals surface area contributed by atoms with Gasteiger partial charge in [0, 0.05) is 41.6 Å². The first kappa shape index (κ1) is 22.4. The lowest BCUT2D eigenvalue weighted by atomic mass is 10.2. The van der Waals surface area contributed by atoms with Crippen LogP contribution in [0.25, 0.3) is 10.7 Å². The lowest BCUT2D eigenvalue weighted by molar-refractivity contribution is -0.137. The topological polar surface area (TPSA) is 83.4 Å². The van der Waals surface area contributed by atoms with E-state index in [0.717, 1.165) is 36.4 Å². The fourth-order valence-electron chi connectivity index (χ4n) is 3.63. The van der Waals surface area contributed by atoms with Crippen molar-refractivity contribution in [2.24, 2.45) is 0 Å². The summed E-state index contributed by atoms with van der Waals surface area (Å²) in [5, 5.41) is 13.0. The van der Waals surface area contributed by atoms with Gasteiger partial charge in [-0.25, -0.2) is 15.0 Å². The first-order valence-electron chi connectivity index (χ1n) is 10.0. The molecule has 170 valence electrons. The van der Waals surface area contributed by atoms with Crippen LogP contribution in [-0.4, -0.2) is 51.3 Å². The predicted molar refractivity (Wildman–Crippen MR) is 115 cm³/mol. The van der Waals surface area contributed by atoms with Crippen molar-refractivity contribution in [3.63, 3.8) is 0 Å². The number of aliphatic hydroxyl groups is 1. The van der Waals surface area contributed by atoms with Crippen molar-refractivity contribution in [2.75, 3.05) is 25.6 Å². The molecule has 11 heteroatoms. The Labute approximate surface area is 186 Å². The third-order valence-corrected chi connectivity index (χ3v) is 6.23. The molecular weight excluding hydrogens is 443 g/mol. The highest BCUT2D eigenvalue weighted by atomic mass is 32.1. The van der Waals surface area contributed by atoms with Crippen molar-refractivity contribution < 1.29 is 23.0 Å². The highest BCUT2D eigenvalue weighted by Gasteiger charge is 2.31. The number of methoxy groups -OCH3 is 1. The van der Waals surface area contributed by atoms with E-state index in [1.54, 1.807) is 12.3 Å². The number of hydrogen-bond donors (Lipinski definition) is 2. The zero-order valence-electron chi connectivity index (χ0n) is 17.3. The molecule has 0 saturated carbocycles. The Hall–Kier alpha value is -2.76. The Balaban J connectivity index is 1.52. The van der Waals surface area contributed by atoms with Crippen molar-refractivity contribution in [3.8, 4) is 16.5 Å². The molecule has 3 heterocycles. The summed E-state index contributed by atoms with van der Waals surface area (Å²) in [6, 6.07) is 5.24. The molecule has 1 aliphatic heterocycles. The number of aliphatic hydroxyl groups excluding tert-OH is 1. The molecule has 2 N–H and O–H groups in total. The number of rotatable bonds is 7. The number of nitrogens with one attached hydrogen (secondary N) is 1. The Bertz CT molecular complexity index is 1080. The Morgan fingerprint density at radius 1 is 1.28 bits per heavy atom. The first-order chi connectivity index (χ1) is 15.4. The van der Waals surface area contributed by atoms with Gasteiger partial charge in [-0.15, -0.1) is 11.3 Å². The molecule has 0 amide bonds. The lowest BCUT2D eigenvalue weighted by Crippen LogP contribution is -2.31. The fourth-order valence-corrected chi connectivity index (χ4v) is 4.54. The van der Waals surface area contributed by atoms with Gasteiger partial charge in [-0.05, 0) is 37.6 Å². The smallest absolute Gasteiger partial charge is 0.416 e. The van der Waals surface area contributed by atoms with Gasteiger partial charge in [0.1, 0.15) is 16.5 Å². The van der Waals surface area contributed by atoms with Crippen LogP contribution >= 0.6 is 11.3 Å². The minimum absolute atomic E-state index is 0.0751. The molecule has 0 unspecified atom stereocenters. The number of likely N-dealkylation sites (tertiary alicyclic amines) is 1. The summed E-state index contributed by atoms with van der Waals surface area (Å²) in [5.74, 6) is 0.228. The van der Waals surface area contributed by atoms with Crippen LogP contribution in [0.3, 0.4) is 0 Å². The lowest BCUT2D eigenvalue weighted by Gasteiger charge is -2.21. The molecule has 1 atom stereocenters.